The first-order valence-corrected chi connectivity index (χ1v) is 6.01. The lowest BCUT2D eigenvalue weighted by molar-refractivity contribution is 1.03. The average Bonchev–Trinajstić information content (AvgIpc) is 2.48. The molecule has 2 rings (SSSR count). The number of hydrogen-bond donors (Lipinski definition) is 3. The molecule has 104 valence electrons. The van der Waals surface area contributed by atoms with E-state index in [9.17, 15) is 0 Å². The molecule has 0 amide bonds. The van der Waals surface area contributed by atoms with Gasteiger partial charge in [-0.3, -0.25) is 0 Å². The standard InChI is InChI=1S/C14H10.CH5N3S.ClH/c1-3-7-13(8-4-1)11-12-14-9-5-2-6-10-14;2-1(5)4-3;/h1-10H;3H2,(H3,2,4,5);1H. The lowest BCUT2D eigenvalue weighted by Crippen LogP contribution is -2.34. The summed E-state index contributed by atoms with van der Waals surface area (Å²) in [5, 5.41) is 0.116. The third-order valence-electron chi connectivity index (χ3n) is 2.04. The maximum atomic E-state index is 4.79. The Kier molecular flexibility index (Phi) is 9.71. The molecule has 5 N–H and O–H groups in total. The molecule has 2 aromatic carbocycles. The van der Waals surface area contributed by atoms with Crippen molar-refractivity contribution >= 4 is 29.7 Å². The molecule has 0 aliphatic carbocycles. The average molecular weight is 306 g/mol. The monoisotopic (exact) mass is 305 g/mol. The van der Waals surface area contributed by atoms with E-state index in [1.54, 1.807) is 0 Å². The second kappa shape index (κ2) is 10.8. The second-order valence-corrected chi connectivity index (χ2v) is 3.93. The van der Waals surface area contributed by atoms with Crippen LogP contribution in [0.4, 0.5) is 0 Å². The Morgan fingerprint density at radius 3 is 1.40 bits per heavy atom. The van der Waals surface area contributed by atoms with Crippen LogP contribution in [0.25, 0.3) is 0 Å². The summed E-state index contributed by atoms with van der Waals surface area (Å²) in [7, 11) is 0. The third kappa shape index (κ3) is 8.11. The SMILES string of the molecule is C(#Cc1ccccc1)c1ccccc1.Cl.NNC(N)=S. The van der Waals surface area contributed by atoms with Crippen molar-refractivity contribution in [1.82, 2.24) is 5.43 Å². The zero-order valence-corrected chi connectivity index (χ0v) is 12.4. The fourth-order valence-corrected chi connectivity index (χ4v) is 1.19. The van der Waals surface area contributed by atoms with Gasteiger partial charge in [0.2, 0.25) is 0 Å². The molecule has 0 aliphatic rings. The molecular weight excluding hydrogens is 290 g/mol. The van der Waals surface area contributed by atoms with Crippen LogP contribution >= 0.6 is 24.6 Å². The number of rotatable bonds is 0. The summed E-state index contributed by atoms with van der Waals surface area (Å²) in [5.74, 6) is 10.9. The van der Waals surface area contributed by atoms with Crippen LogP contribution in [0.1, 0.15) is 11.1 Å². The van der Waals surface area contributed by atoms with Gasteiger partial charge in [-0.15, -0.1) is 12.4 Å². The van der Waals surface area contributed by atoms with Crippen molar-refractivity contribution in [1.29, 1.82) is 0 Å². The van der Waals surface area contributed by atoms with Crippen LogP contribution in [0.15, 0.2) is 60.7 Å². The number of nitrogens with one attached hydrogen (secondary N) is 1. The largest absolute Gasteiger partial charge is 0.375 e. The van der Waals surface area contributed by atoms with Crippen LogP contribution in [0, 0.1) is 11.8 Å². The predicted molar refractivity (Wildman–Crippen MR) is 90.2 cm³/mol. The Labute approximate surface area is 130 Å². The van der Waals surface area contributed by atoms with Crippen molar-refractivity contribution in [2.75, 3.05) is 0 Å². The Morgan fingerprint density at radius 1 is 0.850 bits per heavy atom. The number of hydrogen-bond acceptors (Lipinski definition) is 2. The van der Waals surface area contributed by atoms with Crippen LogP contribution in [-0.4, -0.2) is 5.11 Å². The molecule has 0 aliphatic heterocycles. The van der Waals surface area contributed by atoms with Crippen LogP contribution in [0.5, 0.6) is 0 Å². The van der Waals surface area contributed by atoms with Crippen LogP contribution in [0.2, 0.25) is 0 Å². The zero-order chi connectivity index (χ0) is 13.9. The number of nitrogens with two attached hydrogens (primary N) is 2. The van der Waals surface area contributed by atoms with E-state index in [0.717, 1.165) is 11.1 Å². The molecule has 20 heavy (non-hydrogen) atoms. The third-order valence-corrected chi connectivity index (χ3v) is 2.16. The van der Waals surface area contributed by atoms with Gasteiger partial charge in [0.15, 0.2) is 5.11 Å². The Balaban J connectivity index is 0.000000526. The highest BCUT2D eigenvalue weighted by molar-refractivity contribution is 7.80. The molecule has 0 heterocycles. The summed E-state index contributed by atoms with van der Waals surface area (Å²) in [4.78, 5) is 0. The van der Waals surface area contributed by atoms with E-state index < -0.39 is 0 Å². The lowest BCUT2D eigenvalue weighted by atomic mass is 10.2. The van der Waals surface area contributed by atoms with Crippen molar-refractivity contribution in [3.63, 3.8) is 0 Å². The van der Waals surface area contributed by atoms with Gasteiger partial charge < -0.3 is 11.2 Å². The van der Waals surface area contributed by atoms with Crippen LogP contribution in [0.3, 0.4) is 0 Å². The molecule has 0 radical (unpaired) electrons. The topological polar surface area (TPSA) is 64.1 Å². The summed E-state index contributed by atoms with van der Waals surface area (Å²) < 4.78 is 0. The van der Waals surface area contributed by atoms with Crippen LogP contribution in [-0.2, 0) is 0 Å². The lowest BCUT2D eigenvalue weighted by Gasteiger charge is -1.88. The molecular formula is C15H16ClN3S. The first-order valence-electron chi connectivity index (χ1n) is 5.60. The van der Waals surface area contributed by atoms with E-state index in [1.807, 2.05) is 66.1 Å². The molecule has 0 bridgehead atoms. The van der Waals surface area contributed by atoms with Gasteiger partial charge in [0, 0.05) is 11.1 Å². The normalized spacial score (nSPS) is 7.85. The van der Waals surface area contributed by atoms with E-state index in [2.05, 4.69) is 29.9 Å². The smallest absolute Gasteiger partial charge is 0.177 e. The minimum atomic E-state index is 0. The predicted octanol–water partition coefficient (Wildman–Crippen LogP) is 2.20. The van der Waals surface area contributed by atoms with Gasteiger partial charge in [-0.1, -0.05) is 48.2 Å². The quantitative estimate of drug-likeness (QED) is 0.302. The Morgan fingerprint density at radius 2 is 1.15 bits per heavy atom. The number of benzene rings is 2. The van der Waals surface area contributed by atoms with E-state index >= 15 is 0 Å². The van der Waals surface area contributed by atoms with Gasteiger partial charge in [0.1, 0.15) is 0 Å². The summed E-state index contributed by atoms with van der Waals surface area (Å²) in [6.07, 6.45) is 0. The van der Waals surface area contributed by atoms with Crippen molar-refractivity contribution in [2.24, 2.45) is 11.6 Å². The molecule has 0 saturated heterocycles. The van der Waals surface area contributed by atoms with E-state index in [0.29, 0.717) is 0 Å². The first kappa shape index (κ1) is 17.9. The molecule has 0 spiro atoms. The molecule has 0 atom stereocenters. The summed E-state index contributed by atoms with van der Waals surface area (Å²) in [6, 6.07) is 20.0. The van der Waals surface area contributed by atoms with Gasteiger partial charge >= 0.3 is 0 Å². The highest BCUT2D eigenvalue weighted by Gasteiger charge is 1.83. The van der Waals surface area contributed by atoms with Crippen molar-refractivity contribution in [2.45, 2.75) is 0 Å². The second-order valence-electron chi connectivity index (χ2n) is 3.49. The fourth-order valence-electron chi connectivity index (χ4n) is 1.19. The maximum absolute atomic E-state index is 4.79. The van der Waals surface area contributed by atoms with Gasteiger partial charge in [-0.2, -0.15) is 0 Å². The maximum Gasteiger partial charge on any atom is 0.177 e. The highest BCUT2D eigenvalue weighted by Crippen LogP contribution is 1.98. The van der Waals surface area contributed by atoms with Gasteiger partial charge in [0.05, 0.1) is 0 Å². The highest BCUT2D eigenvalue weighted by atomic mass is 35.5. The van der Waals surface area contributed by atoms with Crippen LogP contribution < -0.4 is 17.0 Å². The van der Waals surface area contributed by atoms with Crippen molar-refractivity contribution < 1.29 is 0 Å². The van der Waals surface area contributed by atoms with E-state index in [4.69, 9.17) is 5.73 Å². The number of hydrazine groups is 1. The summed E-state index contributed by atoms with van der Waals surface area (Å²) in [6.45, 7) is 0. The number of halogens is 1. The minimum Gasteiger partial charge on any atom is -0.375 e. The molecule has 0 unspecified atom stereocenters. The minimum absolute atomic E-state index is 0. The van der Waals surface area contributed by atoms with Crippen molar-refractivity contribution in [3.8, 4) is 11.8 Å². The molecule has 5 heteroatoms. The molecule has 0 saturated carbocycles. The Hall–Kier alpha value is -2.06. The molecule has 0 fully saturated rings. The number of thiocarbonyl (C=S) groups is 1. The summed E-state index contributed by atoms with van der Waals surface area (Å²) >= 11 is 4.24. The molecule has 2 aromatic rings. The first-order chi connectivity index (χ1) is 9.22. The van der Waals surface area contributed by atoms with Crippen molar-refractivity contribution in [3.05, 3.63) is 71.8 Å². The van der Waals surface area contributed by atoms with Gasteiger partial charge in [-0.05, 0) is 36.5 Å². The van der Waals surface area contributed by atoms with Gasteiger partial charge in [-0.25, -0.2) is 5.84 Å². The van der Waals surface area contributed by atoms with Gasteiger partial charge in [0.25, 0.3) is 0 Å². The summed E-state index contributed by atoms with van der Waals surface area (Å²) in [5.41, 5.74) is 8.93. The molecule has 0 aromatic heterocycles. The fraction of sp³-hybridized carbons (Fsp3) is 0. The van der Waals surface area contributed by atoms with E-state index in [-0.39, 0.29) is 17.5 Å². The zero-order valence-electron chi connectivity index (χ0n) is 10.7. The Bertz CT molecular complexity index is 518. The van der Waals surface area contributed by atoms with E-state index in [1.165, 1.54) is 0 Å². The molecule has 3 nitrogen and oxygen atoms in total.